The summed E-state index contributed by atoms with van der Waals surface area (Å²) in [4.78, 5) is 4.33. The molecule has 4 nitrogen and oxygen atoms in total. The van der Waals surface area contributed by atoms with Crippen molar-refractivity contribution in [1.29, 1.82) is 0 Å². The first-order valence-electron chi connectivity index (χ1n) is 5.78. The highest BCUT2D eigenvalue weighted by Crippen LogP contribution is 2.27. The van der Waals surface area contributed by atoms with Crippen LogP contribution in [0.1, 0.15) is 0 Å². The number of nitrogens with zero attached hydrogens (tertiary/aromatic N) is 1. The number of ether oxygens (including phenoxy) is 1. The minimum Gasteiger partial charge on any atom is -0.394 e. The Balaban J connectivity index is 2.07. The molecule has 1 heterocycles. The molecule has 1 aromatic heterocycles. The summed E-state index contributed by atoms with van der Waals surface area (Å²) in [6.45, 7) is 1.64. The summed E-state index contributed by atoms with van der Waals surface area (Å²) in [6.07, 6.45) is 1.78. The van der Waals surface area contributed by atoms with Crippen molar-refractivity contribution in [2.24, 2.45) is 0 Å². The lowest BCUT2D eigenvalue weighted by atomic mass is 10.1. The number of hydrogen-bond donors (Lipinski definition) is 2. The predicted octanol–water partition coefficient (Wildman–Crippen LogP) is 2.42. The van der Waals surface area contributed by atoms with Gasteiger partial charge in [-0.1, -0.05) is 28.1 Å². The minimum atomic E-state index is 0.0550. The van der Waals surface area contributed by atoms with E-state index in [9.17, 15) is 0 Å². The van der Waals surface area contributed by atoms with Crippen LogP contribution in [0.15, 0.2) is 34.9 Å². The first-order chi connectivity index (χ1) is 8.83. The van der Waals surface area contributed by atoms with E-state index in [1.807, 2.05) is 24.3 Å². The van der Waals surface area contributed by atoms with Crippen molar-refractivity contribution in [1.82, 2.24) is 4.98 Å². The molecule has 0 aliphatic carbocycles. The maximum Gasteiger partial charge on any atom is 0.133 e. The molecule has 0 saturated carbocycles. The van der Waals surface area contributed by atoms with Crippen molar-refractivity contribution in [3.8, 4) is 0 Å². The zero-order valence-electron chi connectivity index (χ0n) is 9.90. The molecule has 0 aliphatic heterocycles. The maximum absolute atomic E-state index is 8.59. The quantitative estimate of drug-likeness (QED) is 0.805. The van der Waals surface area contributed by atoms with E-state index >= 15 is 0 Å². The molecule has 2 N–H and O–H groups in total. The number of hydrogen-bond acceptors (Lipinski definition) is 4. The topological polar surface area (TPSA) is 54.4 Å². The third kappa shape index (κ3) is 3.19. The average Bonchev–Trinajstić information content (AvgIpc) is 2.39. The number of pyridine rings is 1. The molecule has 0 unspecified atom stereocenters. The second kappa shape index (κ2) is 6.68. The van der Waals surface area contributed by atoms with Gasteiger partial charge in [-0.3, -0.25) is 0 Å². The van der Waals surface area contributed by atoms with Gasteiger partial charge in [0.15, 0.2) is 0 Å². The molecule has 96 valence electrons. The summed E-state index contributed by atoms with van der Waals surface area (Å²) in [5.41, 5.74) is 0. The van der Waals surface area contributed by atoms with Crippen molar-refractivity contribution >= 4 is 32.5 Å². The molecule has 2 aromatic rings. The van der Waals surface area contributed by atoms with Crippen LogP contribution >= 0.6 is 15.9 Å². The van der Waals surface area contributed by atoms with E-state index < -0.39 is 0 Å². The van der Waals surface area contributed by atoms with Crippen molar-refractivity contribution in [3.63, 3.8) is 0 Å². The second-order valence-corrected chi connectivity index (χ2v) is 4.61. The predicted molar refractivity (Wildman–Crippen MR) is 75.8 cm³/mol. The Labute approximate surface area is 114 Å². The Morgan fingerprint density at radius 3 is 2.94 bits per heavy atom. The van der Waals surface area contributed by atoms with Gasteiger partial charge in [0.1, 0.15) is 5.82 Å². The molecular formula is C13H15BrN2O2. The number of anilines is 1. The second-order valence-electron chi connectivity index (χ2n) is 3.76. The number of halogens is 1. The van der Waals surface area contributed by atoms with Gasteiger partial charge in [0, 0.05) is 28.0 Å². The molecule has 0 radical (unpaired) electrons. The number of rotatable bonds is 6. The Morgan fingerprint density at radius 1 is 1.22 bits per heavy atom. The molecular weight excluding hydrogens is 296 g/mol. The molecule has 1 aromatic carbocycles. The molecule has 0 saturated heterocycles. The largest absolute Gasteiger partial charge is 0.394 e. The number of aliphatic hydroxyl groups excluding tert-OH is 1. The van der Waals surface area contributed by atoms with Gasteiger partial charge in [-0.25, -0.2) is 4.98 Å². The molecule has 2 rings (SSSR count). The fourth-order valence-corrected chi connectivity index (χ4v) is 2.22. The van der Waals surface area contributed by atoms with Crippen LogP contribution in [0.4, 0.5) is 5.82 Å². The Bertz CT molecular complexity index is 519. The molecule has 0 bridgehead atoms. The fourth-order valence-electron chi connectivity index (χ4n) is 1.72. The number of benzene rings is 1. The lowest BCUT2D eigenvalue weighted by Crippen LogP contribution is -2.12. The molecule has 0 amide bonds. The van der Waals surface area contributed by atoms with Crippen LogP contribution in [0.2, 0.25) is 0 Å². The third-order valence-electron chi connectivity index (χ3n) is 2.53. The normalized spacial score (nSPS) is 10.8. The fraction of sp³-hybridized carbons (Fsp3) is 0.308. The number of fused-ring (bicyclic) bond motifs is 1. The van der Waals surface area contributed by atoms with Crippen LogP contribution in [-0.4, -0.2) is 36.5 Å². The third-order valence-corrected chi connectivity index (χ3v) is 3.22. The van der Waals surface area contributed by atoms with Gasteiger partial charge in [0.05, 0.1) is 19.8 Å². The summed E-state index contributed by atoms with van der Waals surface area (Å²) in [7, 11) is 0. The molecule has 0 aliphatic rings. The van der Waals surface area contributed by atoms with Gasteiger partial charge in [-0.2, -0.15) is 0 Å². The van der Waals surface area contributed by atoms with Gasteiger partial charge < -0.3 is 15.2 Å². The zero-order chi connectivity index (χ0) is 12.8. The minimum absolute atomic E-state index is 0.0550. The van der Waals surface area contributed by atoms with Gasteiger partial charge in [0.25, 0.3) is 0 Å². The highest BCUT2D eigenvalue weighted by molar-refractivity contribution is 9.10. The lowest BCUT2D eigenvalue weighted by Gasteiger charge is -2.09. The van der Waals surface area contributed by atoms with Crippen LogP contribution in [0.5, 0.6) is 0 Å². The molecule has 18 heavy (non-hydrogen) atoms. The van der Waals surface area contributed by atoms with E-state index in [0.717, 1.165) is 21.1 Å². The summed E-state index contributed by atoms with van der Waals surface area (Å²) in [5.74, 6) is 0.849. The van der Waals surface area contributed by atoms with Crippen LogP contribution in [0.25, 0.3) is 10.8 Å². The van der Waals surface area contributed by atoms with Gasteiger partial charge in [-0.15, -0.1) is 0 Å². The summed E-state index contributed by atoms with van der Waals surface area (Å²) in [5, 5.41) is 14.0. The van der Waals surface area contributed by atoms with Crippen molar-refractivity contribution in [2.75, 3.05) is 31.7 Å². The lowest BCUT2D eigenvalue weighted by molar-refractivity contribution is 0.0992. The van der Waals surface area contributed by atoms with E-state index in [2.05, 4.69) is 26.2 Å². The smallest absolute Gasteiger partial charge is 0.133 e. The van der Waals surface area contributed by atoms with Crippen molar-refractivity contribution < 1.29 is 9.84 Å². The number of aliphatic hydroxyl groups is 1. The summed E-state index contributed by atoms with van der Waals surface area (Å²) < 4.78 is 6.25. The zero-order valence-corrected chi connectivity index (χ0v) is 11.5. The molecule has 0 fully saturated rings. The van der Waals surface area contributed by atoms with E-state index in [1.165, 1.54) is 0 Å². The highest BCUT2D eigenvalue weighted by Gasteiger charge is 2.03. The van der Waals surface area contributed by atoms with E-state index in [0.29, 0.717) is 19.8 Å². The van der Waals surface area contributed by atoms with E-state index in [4.69, 9.17) is 9.84 Å². The summed E-state index contributed by atoms with van der Waals surface area (Å²) >= 11 is 3.53. The van der Waals surface area contributed by atoms with Crippen LogP contribution in [0, 0.1) is 0 Å². The first-order valence-corrected chi connectivity index (χ1v) is 6.58. The van der Waals surface area contributed by atoms with Crippen LogP contribution < -0.4 is 5.32 Å². The highest BCUT2D eigenvalue weighted by atomic mass is 79.9. The van der Waals surface area contributed by atoms with Crippen molar-refractivity contribution in [2.45, 2.75) is 0 Å². The maximum atomic E-state index is 8.59. The molecule has 5 heteroatoms. The average molecular weight is 311 g/mol. The molecule has 0 atom stereocenters. The van der Waals surface area contributed by atoms with Crippen LogP contribution in [0.3, 0.4) is 0 Å². The number of nitrogens with one attached hydrogen (secondary N) is 1. The van der Waals surface area contributed by atoms with Gasteiger partial charge in [0.2, 0.25) is 0 Å². The van der Waals surface area contributed by atoms with Gasteiger partial charge in [-0.05, 0) is 12.1 Å². The summed E-state index contributed by atoms with van der Waals surface area (Å²) in [6, 6.07) is 8.01. The Morgan fingerprint density at radius 2 is 2.11 bits per heavy atom. The van der Waals surface area contributed by atoms with Gasteiger partial charge >= 0.3 is 0 Å². The van der Waals surface area contributed by atoms with E-state index in [1.54, 1.807) is 6.20 Å². The van der Waals surface area contributed by atoms with E-state index in [-0.39, 0.29) is 6.61 Å². The Kier molecular flexibility index (Phi) is 4.92. The monoisotopic (exact) mass is 310 g/mol. The molecule has 0 spiro atoms. The first kappa shape index (κ1) is 13.3. The van der Waals surface area contributed by atoms with Crippen LogP contribution in [-0.2, 0) is 4.74 Å². The standard InChI is InChI=1S/C13H15BrN2O2/c14-12-3-1-2-11-10(12)4-5-15-13(11)16-6-8-18-9-7-17/h1-5,17H,6-9H2,(H,15,16). The Hall–Kier alpha value is -1.17. The van der Waals surface area contributed by atoms with Crippen molar-refractivity contribution in [3.05, 3.63) is 34.9 Å². The number of aromatic nitrogens is 1. The SMILES string of the molecule is OCCOCCNc1nccc2c(Br)cccc12.